The summed E-state index contributed by atoms with van der Waals surface area (Å²) in [7, 11) is 1.53. The van der Waals surface area contributed by atoms with Crippen molar-refractivity contribution in [3.8, 4) is 5.75 Å². The van der Waals surface area contributed by atoms with Gasteiger partial charge in [0, 0.05) is 29.7 Å². The second-order valence-electron chi connectivity index (χ2n) is 8.71. The van der Waals surface area contributed by atoms with Gasteiger partial charge in [-0.2, -0.15) is 0 Å². The lowest BCUT2D eigenvalue weighted by Gasteiger charge is -2.32. The Kier molecular flexibility index (Phi) is 6.71. The summed E-state index contributed by atoms with van der Waals surface area (Å²) in [6.07, 6.45) is 1.42. The zero-order valence-corrected chi connectivity index (χ0v) is 18.8. The van der Waals surface area contributed by atoms with Crippen LogP contribution in [0.1, 0.15) is 59.9 Å². The molecule has 0 atom stereocenters. The van der Waals surface area contributed by atoms with E-state index in [1.54, 1.807) is 18.2 Å². The van der Waals surface area contributed by atoms with Crippen molar-refractivity contribution < 1.29 is 14.3 Å². The van der Waals surface area contributed by atoms with E-state index in [0.29, 0.717) is 47.8 Å². The molecule has 30 heavy (non-hydrogen) atoms. The molecule has 2 amide bonds. The highest BCUT2D eigenvalue weighted by molar-refractivity contribution is 6.31. The molecule has 2 aromatic carbocycles. The van der Waals surface area contributed by atoms with Gasteiger partial charge in [-0.1, -0.05) is 44.5 Å². The average molecular weight is 429 g/mol. The molecule has 0 aliphatic carbocycles. The molecule has 3 rings (SSSR count). The van der Waals surface area contributed by atoms with E-state index in [0.717, 1.165) is 0 Å². The Bertz CT molecular complexity index is 911. The number of halogens is 1. The number of nitrogens with zero attached hydrogens (tertiary/aromatic N) is 1. The monoisotopic (exact) mass is 428 g/mol. The fraction of sp³-hybridized carbons (Fsp3) is 0.417. The quantitative estimate of drug-likeness (QED) is 0.769. The Hall–Kier alpha value is -2.53. The predicted molar refractivity (Wildman–Crippen MR) is 120 cm³/mol. The predicted octanol–water partition coefficient (Wildman–Crippen LogP) is 4.68. The van der Waals surface area contributed by atoms with Crippen molar-refractivity contribution in [2.24, 2.45) is 0 Å². The number of carbonyl (C=O) groups excluding carboxylic acids is 2. The van der Waals surface area contributed by atoms with Gasteiger partial charge in [0.25, 0.3) is 11.8 Å². The first-order valence-electron chi connectivity index (χ1n) is 10.2. The van der Waals surface area contributed by atoms with Crippen LogP contribution in [0.4, 0.5) is 0 Å². The van der Waals surface area contributed by atoms with Crippen molar-refractivity contribution in [3.63, 3.8) is 0 Å². The van der Waals surface area contributed by atoms with Crippen LogP contribution in [0.3, 0.4) is 0 Å². The number of methoxy groups -OCH3 is 1. The van der Waals surface area contributed by atoms with Crippen LogP contribution >= 0.6 is 11.6 Å². The van der Waals surface area contributed by atoms with E-state index < -0.39 is 0 Å². The van der Waals surface area contributed by atoms with Gasteiger partial charge in [-0.25, -0.2) is 0 Å². The first kappa shape index (κ1) is 22.2. The van der Waals surface area contributed by atoms with Crippen molar-refractivity contribution in [3.05, 3.63) is 64.2 Å². The number of likely N-dealkylation sites (tertiary alicyclic amines) is 1. The fourth-order valence-corrected chi connectivity index (χ4v) is 3.82. The van der Waals surface area contributed by atoms with Gasteiger partial charge in [0.2, 0.25) is 0 Å². The van der Waals surface area contributed by atoms with Crippen molar-refractivity contribution >= 4 is 23.4 Å². The number of rotatable bonds is 4. The van der Waals surface area contributed by atoms with Gasteiger partial charge in [-0.05, 0) is 54.2 Å². The van der Waals surface area contributed by atoms with E-state index >= 15 is 0 Å². The second kappa shape index (κ2) is 9.09. The normalized spacial score (nSPS) is 15.0. The van der Waals surface area contributed by atoms with Gasteiger partial charge < -0.3 is 15.0 Å². The molecule has 0 radical (unpaired) electrons. The number of hydrogen-bond donors (Lipinski definition) is 1. The average Bonchev–Trinajstić information content (AvgIpc) is 2.73. The van der Waals surface area contributed by atoms with Crippen LogP contribution in [0, 0.1) is 0 Å². The fourth-order valence-electron chi connectivity index (χ4n) is 3.64. The second-order valence-corrected chi connectivity index (χ2v) is 9.15. The molecule has 1 N–H and O–H groups in total. The number of hydrogen-bond acceptors (Lipinski definition) is 3. The minimum atomic E-state index is -0.211. The van der Waals surface area contributed by atoms with Gasteiger partial charge in [0.05, 0.1) is 12.7 Å². The Labute approximate surface area is 183 Å². The topological polar surface area (TPSA) is 58.6 Å². The lowest BCUT2D eigenvalue weighted by atomic mass is 9.86. The highest BCUT2D eigenvalue weighted by atomic mass is 35.5. The van der Waals surface area contributed by atoms with Crippen molar-refractivity contribution in [2.45, 2.75) is 45.1 Å². The summed E-state index contributed by atoms with van der Waals surface area (Å²) >= 11 is 6.03. The lowest BCUT2D eigenvalue weighted by molar-refractivity contribution is 0.0698. The molecule has 1 fully saturated rings. The van der Waals surface area contributed by atoms with Crippen molar-refractivity contribution in [2.75, 3.05) is 20.2 Å². The third-order valence-corrected chi connectivity index (χ3v) is 5.76. The Morgan fingerprint density at radius 3 is 2.27 bits per heavy atom. The number of piperidine rings is 1. The van der Waals surface area contributed by atoms with Crippen LogP contribution in [0.2, 0.25) is 5.02 Å². The molecule has 0 bridgehead atoms. The number of ether oxygens (including phenoxy) is 1. The summed E-state index contributed by atoms with van der Waals surface area (Å²) in [5.74, 6) is 0.317. The molecule has 1 aliphatic rings. The van der Waals surface area contributed by atoms with E-state index in [-0.39, 0.29) is 23.3 Å². The summed E-state index contributed by atoms with van der Waals surface area (Å²) in [5.41, 5.74) is 2.39. The molecule has 1 aliphatic heterocycles. The molecule has 160 valence electrons. The van der Waals surface area contributed by atoms with Gasteiger partial charge in [0.1, 0.15) is 5.75 Å². The number of nitrogens with one attached hydrogen (secondary N) is 1. The standard InChI is InChI=1S/C24H29ClN2O3/c1-24(2,3)17-7-5-16(6-8-17)23(29)27-13-11-19(12-14-27)26-22(28)20-15-18(25)9-10-21(20)30-4/h5-10,15,19H,11-14H2,1-4H3,(H,26,28). The zero-order valence-electron chi connectivity index (χ0n) is 18.0. The van der Waals surface area contributed by atoms with E-state index in [1.807, 2.05) is 29.2 Å². The maximum absolute atomic E-state index is 12.8. The summed E-state index contributed by atoms with van der Waals surface area (Å²) in [4.78, 5) is 27.4. The van der Waals surface area contributed by atoms with Gasteiger partial charge >= 0.3 is 0 Å². The third-order valence-electron chi connectivity index (χ3n) is 5.52. The molecule has 0 aromatic heterocycles. The Balaban J connectivity index is 1.58. The van der Waals surface area contributed by atoms with E-state index in [2.05, 4.69) is 26.1 Å². The van der Waals surface area contributed by atoms with Gasteiger partial charge in [-0.3, -0.25) is 9.59 Å². The molecular weight excluding hydrogens is 400 g/mol. The van der Waals surface area contributed by atoms with Crippen LogP contribution in [0.15, 0.2) is 42.5 Å². The van der Waals surface area contributed by atoms with Crippen LogP contribution in [0.5, 0.6) is 5.75 Å². The molecule has 2 aromatic rings. The number of amides is 2. The Morgan fingerprint density at radius 1 is 1.07 bits per heavy atom. The maximum Gasteiger partial charge on any atom is 0.255 e. The minimum Gasteiger partial charge on any atom is -0.496 e. The van der Waals surface area contributed by atoms with Crippen LogP contribution < -0.4 is 10.1 Å². The first-order chi connectivity index (χ1) is 14.2. The minimum absolute atomic E-state index is 0.00787. The van der Waals surface area contributed by atoms with Crippen LogP contribution in [-0.2, 0) is 5.41 Å². The number of benzene rings is 2. The lowest BCUT2D eigenvalue weighted by Crippen LogP contribution is -2.46. The molecule has 6 heteroatoms. The molecule has 1 heterocycles. The molecule has 0 unspecified atom stereocenters. The van der Waals surface area contributed by atoms with Gasteiger partial charge in [-0.15, -0.1) is 0 Å². The molecule has 5 nitrogen and oxygen atoms in total. The summed E-state index contributed by atoms with van der Waals surface area (Å²) < 4.78 is 5.27. The van der Waals surface area contributed by atoms with Crippen molar-refractivity contribution in [1.82, 2.24) is 10.2 Å². The molecular formula is C24H29ClN2O3. The molecule has 1 saturated heterocycles. The zero-order chi connectivity index (χ0) is 21.9. The summed E-state index contributed by atoms with van der Waals surface area (Å²) in [6.45, 7) is 7.68. The summed E-state index contributed by atoms with van der Waals surface area (Å²) in [6, 6.07) is 12.9. The Morgan fingerprint density at radius 2 is 1.70 bits per heavy atom. The van der Waals surface area contributed by atoms with Crippen molar-refractivity contribution in [1.29, 1.82) is 0 Å². The number of carbonyl (C=O) groups is 2. The smallest absolute Gasteiger partial charge is 0.255 e. The highest BCUT2D eigenvalue weighted by Crippen LogP contribution is 2.24. The first-order valence-corrected chi connectivity index (χ1v) is 10.6. The SMILES string of the molecule is COc1ccc(Cl)cc1C(=O)NC1CCN(C(=O)c2ccc(C(C)(C)C)cc2)CC1. The molecule has 0 saturated carbocycles. The summed E-state index contributed by atoms with van der Waals surface area (Å²) in [5, 5.41) is 3.53. The molecule has 0 spiro atoms. The van der Waals surface area contributed by atoms with E-state index in [4.69, 9.17) is 16.3 Å². The maximum atomic E-state index is 12.8. The van der Waals surface area contributed by atoms with Crippen LogP contribution in [-0.4, -0.2) is 43.0 Å². The van der Waals surface area contributed by atoms with E-state index in [9.17, 15) is 9.59 Å². The largest absolute Gasteiger partial charge is 0.496 e. The van der Waals surface area contributed by atoms with Crippen LogP contribution in [0.25, 0.3) is 0 Å². The van der Waals surface area contributed by atoms with Gasteiger partial charge in [0.15, 0.2) is 0 Å². The van der Waals surface area contributed by atoms with E-state index in [1.165, 1.54) is 12.7 Å². The third kappa shape index (κ3) is 5.14. The highest BCUT2D eigenvalue weighted by Gasteiger charge is 2.26.